The van der Waals surface area contributed by atoms with Crippen molar-refractivity contribution in [2.45, 2.75) is 44.2 Å². The Balaban J connectivity index is 2.40. The second kappa shape index (κ2) is 6.65. The van der Waals surface area contributed by atoms with Gasteiger partial charge in [-0.15, -0.1) is 0 Å². The summed E-state index contributed by atoms with van der Waals surface area (Å²) in [6, 6.07) is 5.22. The van der Waals surface area contributed by atoms with E-state index in [1.807, 2.05) is 20.0 Å². The lowest BCUT2D eigenvalue weighted by Crippen LogP contribution is -2.44. The number of rotatable bonds is 4. The molecule has 0 amide bonds. The molecule has 1 heterocycles. The van der Waals surface area contributed by atoms with Crippen molar-refractivity contribution < 1.29 is 8.42 Å². The summed E-state index contributed by atoms with van der Waals surface area (Å²) in [5.41, 5.74) is 0.915. The molecule has 2 atom stereocenters. The predicted molar refractivity (Wildman–Crippen MR) is 86.0 cm³/mol. The standard InChI is InChI=1S/C15H23ClN2O2S/c1-11-4-5-12(2)18(10-11)21(19,20)15-8-13(9-17-3)6-7-14(15)16/h6-8,11-12,17H,4-5,9-10H2,1-3H3. The Morgan fingerprint density at radius 1 is 1.33 bits per heavy atom. The van der Waals surface area contributed by atoms with E-state index in [0.29, 0.717) is 24.0 Å². The Morgan fingerprint density at radius 3 is 2.71 bits per heavy atom. The first-order chi connectivity index (χ1) is 9.86. The summed E-state index contributed by atoms with van der Waals surface area (Å²) in [5, 5.41) is 3.32. The maximum Gasteiger partial charge on any atom is 0.244 e. The van der Waals surface area contributed by atoms with Crippen LogP contribution in [-0.2, 0) is 16.6 Å². The van der Waals surface area contributed by atoms with E-state index in [2.05, 4.69) is 12.2 Å². The average Bonchev–Trinajstić information content (AvgIpc) is 2.43. The van der Waals surface area contributed by atoms with E-state index in [4.69, 9.17) is 11.6 Å². The maximum absolute atomic E-state index is 12.9. The molecule has 2 rings (SSSR count). The van der Waals surface area contributed by atoms with Crippen LogP contribution in [0.4, 0.5) is 0 Å². The predicted octanol–water partition coefficient (Wildman–Crippen LogP) is 2.87. The van der Waals surface area contributed by atoms with Gasteiger partial charge in [-0.1, -0.05) is 24.6 Å². The van der Waals surface area contributed by atoms with Crippen molar-refractivity contribution in [3.05, 3.63) is 28.8 Å². The van der Waals surface area contributed by atoms with Crippen LogP contribution in [0.5, 0.6) is 0 Å². The first-order valence-electron chi connectivity index (χ1n) is 7.31. The summed E-state index contributed by atoms with van der Waals surface area (Å²) in [7, 11) is -1.71. The molecule has 1 aromatic rings. The molecule has 1 aromatic carbocycles. The Kier molecular flexibility index (Phi) is 5.30. The molecule has 118 valence electrons. The van der Waals surface area contributed by atoms with Gasteiger partial charge in [0.2, 0.25) is 10.0 Å². The van der Waals surface area contributed by atoms with Gasteiger partial charge in [0.25, 0.3) is 0 Å². The fourth-order valence-corrected chi connectivity index (χ4v) is 5.08. The number of piperidine rings is 1. The molecule has 1 N–H and O–H groups in total. The van der Waals surface area contributed by atoms with E-state index in [0.717, 1.165) is 18.4 Å². The molecule has 1 aliphatic rings. The normalized spacial score (nSPS) is 24.2. The van der Waals surface area contributed by atoms with Crippen molar-refractivity contribution in [1.29, 1.82) is 0 Å². The fraction of sp³-hybridized carbons (Fsp3) is 0.600. The lowest BCUT2D eigenvalue weighted by molar-refractivity contribution is 0.218. The van der Waals surface area contributed by atoms with Crippen molar-refractivity contribution >= 4 is 21.6 Å². The van der Waals surface area contributed by atoms with Gasteiger partial charge < -0.3 is 5.32 Å². The van der Waals surface area contributed by atoms with Gasteiger partial charge in [-0.05, 0) is 50.4 Å². The van der Waals surface area contributed by atoms with Gasteiger partial charge in [-0.2, -0.15) is 4.31 Å². The second-order valence-electron chi connectivity index (χ2n) is 5.90. The van der Waals surface area contributed by atoms with Crippen LogP contribution in [0.1, 0.15) is 32.3 Å². The molecule has 0 aromatic heterocycles. The Morgan fingerprint density at radius 2 is 2.05 bits per heavy atom. The van der Waals surface area contributed by atoms with Crippen molar-refractivity contribution in [2.24, 2.45) is 5.92 Å². The number of halogens is 1. The zero-order valence-corrected chi connectivity index (χ0v) is 14.3. The zero-order chi connectivity index (χ0) is 15.6. The van der Waals surface area contributed by atoms with Gasteiger partial charge in [-0.25, -0.2) is 8.42 Å². The number of hydrogen-bond donors (Lipinski definition) is 1. The molecule has 6 heteroatoms. The van der Waals surface area contributed by atoms with Crippen molar-refractivity contribution in [3.63, 3.8) is 0 Å². The largest absolute Gasteiger partial charge is 0.316 e. The van der Waals surface area contributed by atoms with Crippen LogP contribution in [0.25, 0.3) is 0 Å². The van der Waals surface area contributed by atoms with E-state index < -0.39 is 10.0 Å². The minimum atomic E-state index is -3.54. The Bertz CT molecular complexity index is 604. The van der Waals surface area contributed by atoms with Gasteiger partial charge in [0, 0.05) is 19.1 Å². The molecule has 1 saturated heterocycles. The maximum atomic E-state index is 12.9. The summed E-state index contributed by atoms with van der Waals surface area (Å²) in [4.78, 5) is 0.220. The molecule has 0 aliphatic carbocycles. The fourth-order valence-electron chi connectivity index (χ4n) is 2.77. The van der Waals surface area contributed by atoms with Crippen LogP contribution in [0, 0.1) is 5.92 Å². The molecule has 21 heavy (non-hydrogen) atoms. The average molecular weight is 331 g/mol. The topological polar surface area (TPSA) is 49.4 Å². The summed E-state index contributed by atoms with van der Waals surface area (Å²) in [6.07, 6.45) is 1.97. The third kappa shape index (κ3) is 3.59. The van der Waals surface area contributed by atoms with E-state index in [-0.39, 0.29) is 10.9 Å². The lowest BCUT2D eigenvalue weighted by atomic mass is 9.97. The Hall–Kier alpha value is -0.620. The lowest BCUT2D eigenvalue weighted by Gasteiger charge is -2.35. The number of benzene rings is 1. The van der Waals surface area contributed by atoms with Crippen molar-refractivity contribution in [3.8, 4) is 0 Å². The molecule has 0 spiro atoms. The molecule has 0 saturated carbocycles. The zero-order valence-electron chi connectivity index (χ0n) is 12.8. The van der Waals surface area contributed by atoms with Crippen LogP contribution in [0.2, 0.25) is 5.02 Å². The van der Waals surface area contributed by atoms with E-state index >= 15 is 0 Å². The van der Waals surface area contributed by atoms with Gasteiger partial charge in [-0.3, -0.25) is 0 Å². The number of hydrogen-bond acceptors (Lipinski definition) is 3. The number of sulfonamides is 1. The van der Waals surface area contributed by atoms with E-state index in [9.17, 15) is 8.42 Å². The summed E-state index contributed by atoms with van der Waals surface area (Å²) in [5.74, 6) is 0.384. The minimum Gasteiger partial charge on any atom is -0.316 e. The molecule has 0 radical (unpaired) electrons. The summed E-state index contributed by atoms with van der Waals surface area (Å²) >= 11 is 6.16. The molecule has 0 bridgehead atoms. The molecule has 1 fully saturated rings. The number of nitrogens with zero attached hydrogens (tertiary/aromatic N) is 1. The first kappa shape index (κ1) is 16.7. The van der Waals surface area contributed by atoms with Crippen LogP contribution >= 0.6 is 11.6 Å². The van der Waals surface area contributed by atoms with Gasteiger partial charge in [0.05, 0.1) is 5.02 Å². The highest BCUT2D eigenvalue weighted by molar-refractivity contribution is 7.89. The van der Waals surface area contributed by atoms with Crippen LogP contribution < -0.4 is 5.32 Å². The molecular formula is C15H23ClN2O2S. The summed E-state index contributed by atoms with van der Waals surface area (Å²) in [6.45, 7) is 5.24. The first-order valence-corrected chi connectivity index (χ1v) is 9.13. The van der Waals surface area contributed by atoms with Gasteiger partial charge in [0.1, 0.15) is 4.90 Å². The SMILES string of the molecule is CNCc1ccc(Cl)c(S(=O)(=O)N2CC(C)CCC2C)c1. The highest BCUT2D eigenvalue weighted by Gasteiger charge is 2.34. The number of nitrogens with one attached hydrogen (secondary N) is 1. The van der Waals surface area contributed by atoms with Crippen molar-refractivity contribution in [2.75, 3.05) is 13.6 Å². The third-order valence-electron chi connectivity index (χ3n) is 4.02. The smallest absolute Gasteiger partial charge is 0.244 e. The highest BCUT2D eigenvalue weighted by Crippen LogP contribution is 2.31. The van der Waals surface area contributed by atoms with Crippen LogP contribution in [0.3, 0.4) is 0 Å². The second-order valence-corrected chi connectivity index (χ2v) is 8.17. The van der Waals surface area contributed by atoms with E-state index in [1.165, 1.54) is 0 Å². The quantitative estimate of drug-likeness (QED) is 0.923. The highest BCUT2D eigenvalue weighted by atomic mass is 35.5. The molecule has 1 aliphatic heterocycles. The monoisotopic (exact) mass is 330 g/mol. The van der Waals surface area contributed by atoms with E-state index in [1.54, 1.807) is 16.4 Å². The Labute approximate surface area is 132 Å². The summed E-state index contributed by atoms with van der Waals surface area (Å²) < 4.78 is 27.5. The third-order valence-corrected chi connectivity index (χ3v) is 6.49. The molecular weight excluding hydrogens is 308 g/mol. The molecule has 4 nitrogen and oxygen atoms in total. The minimum absolute atomic E-state index is 0.0234. The van der Waals surface area contributed by atoms with Gasteiger partial charge >= 0.3 is 0 Å². The van der Waals surface area contributed by atoms with Gasteiger partial charge in [0.15, 0.2) is 0 Å². The van der Waals surface area contributed by atoms with Crippen LogP contribution in [-0.4, -0.2) is 32.4 Å². The molecule has 2 unspecified atom stereocenters. The van der Waals surface area contributed by atoms with Crippen molar-refractivity contribution in [1.82, 2.24) is 9.62 Å². The van der Waals surface area contributed by atoms with Crippen LogP contribution in [0.15, 0.2) is 23.1 Å².